The molecule has 2 heterocycles. The normalized spacial score (nSPS) is 14.2. The lowest BCUT2D eigenvalue weighted by Gasteiger charge is -2.30. The minimum Gasteiger partial charge on any atom is -0.490 e. The minimum atomic E-state index is -0.894. The molecule has 2 N–H and O–H groups in total. The zero-order chi connectivity index (χ0) is 22.3. The number of nitrogens with zero attached hydrogens (tertiary/aromatic N) is 1. The van der Waals surface area contributed by atoms with Crippen LogP contribution in [0.1, 0.15) is 29.0 Å². The number of para-hydroxylation sites is 1. The van der Waals surface area contributed by atoms with Gasteiger partial charge in [-0.1, -0.05) is 42.5 Å². The standard InChI is InChI=1S/C25H26N2O5/c28-24(26-15-12-18-6-2-1-3-7-18)23-11-10-22(32-23)20-8-4-5-9-21(20)31-19-13-16-27(17-14-19)25(29)30/h1-11,19H,12-17H2,(H,26,28)(H,29,30). The number of carboxylic acid groups (broad SMARTS) is 1. The molecule has 2 aromatic carbocycles. The molecule has 0 radical (unpaired) electrons. The summed E-state index contributed by atoms with van der Waals surface area (Å²) in [5.74, 6) is 1.20. The molecule has 0 aliphatic carbocycles. The van der Waals surface area contributed by atoms with E-state index in [2.05, 4.69) is 5.32 Å². The van der Waals surface area contributed by atoms with Crippen LogP contribution in [0, 0.1) is 0 Å². The van der Waals surface area contributed by atoms with Crippen molar-refractivity contribution in [1.29, 1.82) is 0 Å². The van der Waals surface area contributed by atoms with Crippen LogP contribution in [-0.4, -0.2) is 47.7 Å². The van der Waals surface area contributed by atoms with Crippen LogP contribution in [0.4, 0.5) is 4.79 Å². The maximum absolute atomic E-state index is 12.5. The number of likely N-dealkylation sites (tertiary alicyclic amines) is 1. The highest BCUT2D eigenvalue weighted by Crippen LogP contribution is 2.33. The summed E-state index contributed by atoms with van der Waals surface area (Å²) in [6.45, 7) is 1.43. The Bertz CT molecular complexity index is 1050. The largest absolute Gasteiger partial charge is 0.490 e. The molecule has 7 nitrogen and oxygen atoms in total. The van der Waals surface area contributed by atoms with Crippen molar-refractivity contribution in [2.24, 2.45) is 0 Å². The number of carbonyl (C=O) groups is 2. The first-order valence-electron chi connectivity index (χ1n) is 10.8. The van der Waals surface area contributed by atoms with Crippen molar-refractivity contribution in [2.45, 2.75) is 25.4 Å². The topological polar surface area (TPSA) is 92.0 Å². The second kappa shape index (κ2) is 10.0. The van der Waals surface area contributed by atoms with Gasteiger partial charge in [-0.05, 0) is 36.2 Å². The average Bonchev–Trinajstić information content (AvgIpc) is 3.31. The minimum absolute atomic E-state index is 0.0672. The first kappa shape index (κ1) is 21.5. The highest BCUT2D eigenvalue weighted by atomic mass is 16.5. The molecule has 32 heavy (non-hydrogen) atoms. The number of carbonyl (C=O) groups excluding carboxylic acids is 1. The van der Waals surface area contributed by atoms with Gasteiger partial charge in [-0.15, -0.1) is 0 Å². The fraction of sp³-hybridized carbons (Fsp3) is 0.280. The van der Waals surface area contributed by atoms with Crippen molar-refractivity contribution < 1.29 is 23.8 Å². The predicted molar refractivity (Wildman–Crippen MR) is 120 cm³/mol. The first-order chi connectivity index (χ1) is 15.6. The van der Waals surface area contributed by atoms with Crippen molar-refractivity contribution >= 4 is 12.0 Å². The fourth-order valence-corrected chi connectivity index (χ4v) is 3.77. The van der Waals surface area contributed by atoms with Gasteiger partial charge < -0.3 is 24.5 Å². The van der Waals surface area contributed by atoms with Crippen molar-refractivity contribution in [3.8, 4) is 17.1 Å². The molecule has 0 bridgehead atoms. The molecule has 0 unspecified atom stereocenters. The quantitative estimate of drug-likeness (QED) is 0.574. The Kier molecular flexibility index (Phi) is 6.75. The molecule has 0 spiro atoms. The van der Waals surface area contributed by atoms with E-state index < -0.39 is 6.09 Å². The zero-order valence-electron chi connectivity index (χ0n) is 17.7. The van der Waals surface area contributed by atoms with E-state index in [1.807, 2.05) is 54.6 Å². The van der Waals surface area contributed by atoms with Crippen LogP contribution in [0.15, 0.2) is 71.1 Å². The van der Waals surface area contributed by atoms with Gasteiger partial charge in [-0.3, -0.25) is 4.79 Å². The highest BCUT2D eigenvalue weighted by molar-refractivity contribution is 5.92. The summed E-state index contributed by atoms with van der Waals surface area (Å²) in [5, 5.41) is 12.0. The number of amides is 2. The molecule has 1 aromatic heterocycles. The maximum Gasteiger partial charge on any atom is 0.407 e. The Morgan fingerprint density at radius 3 is 2.47 bits per heavy atom. The van der Waals surface area contributed by atoms with Crippen LogP contribution in [0.25, 0.3) is 11.3 Å². The van der Waals surface area contributed by atoms with E-state index in [9.17, 15) is 9.59 Å². The van der Waals surface area contributed by atoms with Gasteiger partial charge in [0.05, 0.1) is 5.56 Å². The van der Waals surface area contributed by atoms with Crippen LogP contribution in [0.3, 0.4) is 0 Å². The van der Waals surface area contributed by atoms with Crippen molar-refractivity contribution in [3.63, 3.8) is 0 Å². The smallest absolute Gasteiger partial charge is 0.407 e. The van der Waals surface area contributed by atoms with Crippen molar-refractivity contribution in [1.82, 2.24) is 10.2 Å². The Labute approximate surface area is 186 Å². The molecule has 1 fully saturated rings. The molecule has 166 valence electrons. The zero-order valence-corrected chi connectivity index (χ0v) is 17.7. The second-order valence-corrected chi connectivity index (χ2v) is 7.74. The van der Waals surface area contributed by atoms with Gasteiger partial charge in [0.2, 0.25) is 0 Å². The van der Waals surface area contributed by atoms with Crippen molar-refractivity contribution in [2.75, 3.05) is 19.6 Å². The Balaban J connectivity index is 1.37. The van der Waals surface area contributed by atoms with Crippen LogP contribution >= 0.6 is 0 Å². The Hall–Kier alpha value is -3.74. The van der Waals surface area contributed by atoms with Crippen LogP contribution in [-0.2, 0) is 6.42 Å². The SMILES string of the molecule is O=C(NCCc1ccccc1)c1ccc(-c2ccccc2OC2CCN(C(=O)O)CC2)o1. The summed E-state index contributed by atoms with van der Waals surface area (Å²) in [5.41, 5.74) is 1.92. The van der Waals surface area contributed by atoms with Gasteiger partial charge >= 0.3 is 6.09 Å². The summed E-state index contributed by atoms with van der Waals surface area (Å²) >= 11 is 0. The molecular weight excluding hydrogens is 408 g/mol. The lowest BCUT2D eigenvalue weighted by Crippen LogP contribution is -2.41. The molecular formula is C25H26N2O5. The second-order valence-electron chi connectivity index (χ2n) is 7.74. The maximum atomic E-state index is 12.5. The third-order valence-electron chi connectivity index (χ3n) is 5.53. The third-order valence-corrected chi connectivity index (χ3v) is 5.53. The van der Waals surface area contributed by atoms with Crippen molar-refractivity contribution in [3.05, 3.63) is 78.1 Å². The molecule has 4 rings (SSSR count). The molecule has 3 aromatic rings. The van der Waals surface area contributed by atoms with E-state index in [0.29, 0.717) is 44.0 Å². The van der Waals surface area contributed by atoms with Gasteiger partial charge in [0.15, 0.2) is 5.76 Å². The summed E-state index contributed by atoms with van der Waals surface area (Å²) in [4.78, 5) is 25.0. The van der Waals surface area contributed by atoms with Crippen LogP contribution in [0.5, 0.6) is 5.75 Å². The monoisotopic (exact) mass is 434 g/mol. The molecule has 2 amide bonds. The molecule has 1 saturated heterocycles. The van der Waals surface area contributed by atoms with E-state index in [0.717, 1.165) is 17.5 Å². The number of rotatable bonds is 7. The van der Waals surface area contributed by atoms with Gasteiger partial charge in [-0.2, -0.15) is 0 Å². The summed E-state index contributed by atoms with van der Waals surface area (Å²) in [6, 6.07) is 20.9. The molecule has 0 saturated carbocycles. The highest BCUT2D eigenvalue weighted by Gasteiger charge is 2.24. The van der Waals surface area contributed by atoms with Crippen LogP contribution < -0.4 is 10.1 Å². The lowest BCUT2D eigenvalue weighted by molar-refractivity contribution is 0.0892. The van der Waals surface area contributed by atoms with E-state index in [1.54, 1.807) is 12.1 Å². The predicted octanol–water partition coefficient (Wildman–Crippen LogP) is 4.44. The number of piperidine rings is 1. The number of ether oxygens (including phenoxy) is 1. The van der Waals surface area contributed by atoms with Gasteiger partial charge in [0.1, 0.15) is 17.6 Å². The van der Waals surface area contributed by atoms with E-state index in [4.69, 9.17) is 14.3 Å². The van der Waals surface area contributed by atoms with Crippen LogP contribution in [0.2, 0.25) is 0 Å². The van der Waals surface area contributed by atoms with E-state index in [1.165, 1.54) is 4.90 Å². The average molecular weight is 434 g/mol. The third kappa shape index (κ3) is 5.29. The molecule has 0 atom stereocenters. The fourth-order valence-electron chi connectivity index (χ4n) is 3.77. The summed E-state index contributed by atoms with van der Waals surface area (Å²) < 4.78 is 12.0. The summed E-state index contributed by atoms with van der Waals surface area (Å²) in [6.07, 6.45) is 1.05. The summed E-state index contributed by atoms with van der Waals surface area (Å²) in [7, 11) is 0. The Morgan fingerprint density at radius 1 is 1.00 bits per heavy atom. The Morgan fingerprint density at radius 2 is 1.72 bits per heavy atom. The van der Waals surface area contributed by atoms with E-state index in [-0.39, 0.29) is 17.8 Å². The molecule has 1 aliphatic rings. The van der Waals surface area contributed by atoms with Gasteiger partial charge in [0, 0.05) is 32.5 Å². The lowest BCUT2D eigenvalue weighted by atomic mass is 10.1. The number of benzene rings is 2. The number of furan rings is 1. The molecule has 1 aliphatic heterocycles. The molecule has 7 heteroatoms. The number of hydrogen-bond acceptors (Lipinski definition) is 4. The first-order valence-corrected chi connectivity index (χ1v) is 10.8. The number of nitrogens with one attached hydrogen (secondary N) is 1. The van der Waals surface area contributed by atoms with Gasteiger partial charge in [0.25, 0.3) is 5.91 Å². The van der Waals surface area contributed by atoms with Gasteiger partial charge in [-0.25, -0.2) is 4.79 Å². The number of hydrogen-bond donors (Lipinski definition) is 2. The van der Waals surface area contributed by atoms with E-state index >= 15 is 0 Å².